The first kappa shape index (κ1) is 23.2. The van der Waals surface area contributed by atoms with Gasteiger partial charge in [-0.25, -0.2) is 0 Å². The molecule has 0 saturated carbocycles. The minimum absolute atomic E-state index is 0. The van der Waals surface area contributed by atoms with Crippen molar-refractivity contribution >= 4 is 0 Å². The maximum Gasteiger partial charge on any atom is 0.183 e. The van der Waals surface area contributed by atoms with Gasteiger partial charge in [-0.3, -0.25) is 0 Å². The summed E-state index contributed by atoms with van der Waals surface area (Å²) in [5, 5.41) is 36.0. The van der Waals surface area contributed by atoms with Crippen molar-refractivity contribution in [3.8, 4) is 0 Å². The van der Waals surface area contributed by atoms with Gasteiger partial charge in [-0.1, -0.05) is 0 Å². The van der Waals surface area contributed by atoms with Gasteiger partial charge < -0.3 is 25.2 Å². The molecule has 1 rings (SSSR count). The molecule has 1 heterocycles. The van der Waals surface area contributed by atoms with E-state index in [0.717, 1.165) is 0 Å². The Morgan fingerprint density at radius 1 is 0.786 bits per heavy atom. The molecule has 0 aromatic rings. The molecular weight excluding hydrogens is 833 g/mol. The van der Waals surface area contributed by atoms with Crippen molar-refractivity contribution < 1.29 is 157 Å². The van der Waals surface area contributed by atoms with E-state index < -0.39 is 30.7 Å². The Balaban J connectivity index is -0.000000403. The molecule has 75 valence electrons. The van der Waals surface area contributed by atoms with Gasteiger partial charge in [0.25, 0.3) is 0 Å². The second-order valence-electron chi connectivity index (χ2n) is 2.70. The maximum atomic E-state index is 9.09. The monoisotopic (exact) mass is 845 g/mol. The van der Waals surface area contributed by atoms with Crippen LogP contribution in [0, 0.1) is 132 Å². The first-order valence-corrected chi connectivity index (χ1v) is 3.41. The Kier molecular flexibility index (Phi) is 18.2. The zero-order valence-electron chi connectivity index (χ0n) is 7.82. The predicted molar refractivity (Wildman–Crippen MR) is 34.6 cm³/mol. The summed E-state index contributed by atoms with van der Waals surface area (Å²) in [5.74, 6) is 0. The molecule has 5 nitrogen and oxygen atoms in total. The van der Waals surface area contributed by atoms with Crippen LogP contribution in [0.1, 0.15) is 6.92 Å². The second-order valence-corrected chi connectivity index (χ2v) is 2.70. The third-order valence-electron chi connectivity index (χ3n) is 1.83. The van der Waals surface area contributed by atoms with Crippen LogP contribution in [0.5, 0.6) is 0 Å². The summed E-state index contributed by atoms with van der Waals surface area (Å²) in [5.41, 5.74) is 0. The number of rotatable bonds is 0. The SMILES string of the molecule is CC1OC(O)C(O)C(O)[C@H]1O.[Ac].[Ac].[Ac]. The minimum atomic E-state index is -1.43. The van der Waals surface area contributed by atoms with E-state index in [-0.39, 0.29) is 132 Å². The van der Waals surface area contributed by atoms with Gasteiger partial charge in [0.2, 0.25) is 0 Å². The van der Waals surface area contributed by atoms with E-state index in [1.165, 1.54) is 6.92 Å². The molecule has 4 N–H and O–H groups in total. The number of ether oxygens (including phenoxy) is 1. The van der Waals surface area contributed by atoms with E-state index in [1.807, 2.05) is 0 Å². The van der Waals surface area contributed by atoms with E-state index in [1.54, 1.807) is 0 Å². The molecule has 5 atom stereocenters. The third-order valence-corrected chi connectivity index (χ3v) is 1.83. The van der Waals surface area contributed by atoms with E-state index in [2.05, 4.69) is 4.74 Å². The summed E-state index contributed by atoms with van der Waals surface area (Å²) in [6.07, 6.45) is -5.99. The molecule has 1 aliphatic heterocycles. The van der Waals surface area contributed by atoms with Crippen molar-refractivity contribution in [2.75, 3.05) is 0 Å². The van der Waals surface area contributed by atoms with Crippen LogP contribution in [-0.4, -0.2) is 51.1 Å². The Morgan fingerprint density at radius 3 is 1.64 bits per heavy atom. The molecule has 0 aromatic carbocycles. The Labute approximate surface area is 190 Å². The standard InChI is InChI=1S/C6H12O5.3Ac/c1-2-3(7)4(8)5(9)6(10)11-2;;;/h2-10H,1H3;;;/t2?,3-,4?,5?,6?;;;/m0.../s1. The van der Waals surface area contributed by atoms with Crippen molar-refractivity contribution in [2.24, 2.45) is 0 Å². The normalized spacial score (nSPS) is 41.4. The summed E-state index contributed by atoms with van der Waals surface area (Å²) in [7, 11) is 0. The Hall–Kier alpha value is 4.12. The first-order valence-electron chi connectivity index (χ1n) is 3.41. The van der Waals surface area contributed by atoms with Crippen molar-refractivity contribution in [1.29, 1.82) is 0 Å². The fourth-order valence-corrected chi connectivity index (χ4v) is 1.03. The van der Waals surface area contributed by atoms with Gasteiger partial charge in [-0.2, -0.15) is 0 Å². The summed E-state index contributed by atoms with van der Waals surface area (Å²) in [6, 6.07) is 0. The third kappa shape index (κ3) is 6.34. The summed E-state index contributed by atoms with van der Waals surface area (Å²) >= 11 is 0. The van der Waals surface area contributed by atoms with Crippen LogP contribution in [-0.2, 0) is 4.74 Å². The first-order chi connectivity index (χ1) is 5.04. The Bertz CT molecular complexity index is 135. The zero-order valence-corrected chi connectivity index (χ0v) is 22.1. The van der Waals surface area contributed by atoms with E-state index in [0.29, 0.717) is 0 Å². The number of hydrogen-bond acceptors (Lipinski definition) is 5. The molecule has 1 saturated heterocycles. The predicted octanol–water partition coefficient (Wildman–Crippen LogP) is -2.19. The minimum Gasteiger partial charge on any atom is -0.388 e. The van der Waals surface area contributed by atoms with E-state index in [4.69, 9.17) is 20.4 Å². The van der Waals surface area contributed by atoms with Gasteiger partial charge in [0.05, 0.1) is 6.10 Å². The molecule has 0 amide bonds. The van der Waals surface area contributed by atoms with E-state index in [9.17, 15) is 0 Å². The van der Waals surface area contributed by atoms with Gasteiger partial charge in [0.1, 0.15) is 18.3 Å². The summed E-state index contributed by atoms with van der Waals surface area (Å²) < 4.78 is 4.68. The summed E-state index contributed by atoms with van der Waals surface area (Å²) in [6.45, 7) is 1.50. The average molecular weight is 845 g/mol. The second kappa shape index (κ2) is 11.0. The van der Waals surface area contributed by atoms with Crippen LogP contribution in [0.3, 0.4) is 0 Å². The average Bonchev–Trinajstić information content (AvgIpc) is 1.97. The molecule has 3 radical (unpaired) electrons. The van der Waals surface area contributed by atoms with Gasteiger partial charge in [-0.15, -0.1) is 0 Å². The smallest absolute Gasteiger partial charge is 0.183 e. The van der Waals surface area contributed by atoms with Crippen molar-refractivity contribution in [3.63, 3.8) is 0 Å². The van der Waals surface area contributed by atoms with Crippen molar-refractivity contribution in [1.82, 2.24) is 0 Å². The fourth-order valence-electron chi connectivity index (χ4n) is 1.03. The molecule has 4 unspecified atom stereocenters. The molecule has 0 bridgehead atoms. The molecule has 1 aliphatic rings. The molecule has 0 aromatic heterocycles. The van der Waals surface area contributed by atoms with Crippen LogP contribution in [0.15, 0.2) is 0 Å². The molecule has 8 heteroatoms. The van der Waals surface area contributed by atoms with Crippen LogP contribution < -0.4 is 0 Å². The molecular formula is C6H12Ac3O5. The number of aliphatic hydroxyl groups is 4. The van der Waals surface area contributed by atoms with E-state index >= 15 is 0 Å². The van der Waals surface area contributed by atoms with Gasteiger partial charge in [-0.05, 0) is 6.92 Å². The number of hydrogen-bond donors (Lipinski definition) is 4. The van der Waals surface area contributed by atoms with Crippen LogP contribution >= 0.6 is 0 Å². The van der Waals surface area contributed by atoms with Crippen LogP contribution in [0.2, 0.25) is 0 Å². The molecule has 1 fully saturated rings. The van der Waals surface area contributed by atoms with Gasteiger partial charge in [0.15, 0.2) is 6.29 Å². The zero-order chi connectivity index (χ0) is 8.59. The molecule has 0 spiro atoms. The van der Waals surface area contributed by atoms with Gasteiger partial charge >= 0.3 is 0 Å². The number of aliphatic hydroxyl groups excluding tert-OH is 4. The van der Waals surface area contributed by atoms with Crippen LogP contribution in [0.4, 0.5) is 0 Å². The summed E-state index contributed by atoms with van der Waals surface area (Å²) in [4.78, 5) is 0. The fraction of sp³-hybridized carbons (Fsp3) is 1.00. The molecule has 14 heavy (non-hydrogen) atoms. The van der Waals surface area contributed by atoms with Crippen molar-refractivity contribution in [3.05, 3.63) is 0 Å². The maximum absolute atomic E-state index is 9.09. The topological polar surface area (TPSA) is 90.2 Å². The quantitative estimate of drug-likeness (QED) is 0.223. The van der Waals surface area contributed by atoms with Crippen LogP contribution in [0.25, 0.3) is 0 Å². The molecule has 0 aliphatic carbocycles. The largest absolute Gasteiger partial charge is 0.388 e. The van der Waals surface area contributed by atoms with Gasteiger partial charge in [0, 0.05) is 132 Å². The van der Waals surface area contributed by atoms with Crippen molar-refractivity contribution in [2.45, 2.75) is 37.6 Å². The Morgan fingerprint density at radius 2 is 1.21 bits per heavy atom.